The second-order valence-corrected chi connectivity index (χ2v) is 4.13. The van der Waals surface area contributed by atoms with Crippen molar-refractivity contribution in [1.82, 2.24) is 10.2 Å². The summed E-state index contributed by atoms with van der Waals surface area (Å²) in [6.07, 6.45) is 0. The quantitative estimate of drug-likeness (QED) is 0.740. The third-order valence-corrected chi connectivity index (χ3v) is 3.18. The SMILES string of the molecule is COc1ccc(C2(CN)NC(=O)N(C)C2=O)cc1. The summed E-state index contributed by atoms with van der Waals surface area (Å²) >= 11 is 0. The Labute approximate surface area is 105 Å². The zero-order valence-electron chi connectivity index (χ0n) is 10.3. The topological polar surface area (TPSA) is 84.7 Å². The van der Waals surface area contributed by atoms with Gasteiger partial charge in [0.15, 0.2) is 5.54 Å². The van der Waals surface area contributed by atoms with Crippen LogP contribution >= 0.6 is 0 Å². The molecule has 1 fully saturated rings. The lowest BCUT2D eigenvalue weighted by Gasteiger charge is -2.25. The number of nitrogens with one attached hydrogen (secondary N) is 1. The smallest absolute Gasteiger partial charge is 0.325 e. The van der Waals surface area contributed by atoms with E-state index in [1.165, 1.54) is 7.05 Å². The molecule has 3 N–H and O–H groups in total. The van der Waals surface area contributed by atoms with Crippen LogP contribution in [-0.2, 0) is 10.3 Å². The number of hydrogen-bond donors (Lipinski definition) is 2. The predicted octanol–water partition coefficient (Wildman–Crippen LogP) is 0.0308. The summed E-state index contributed by atoms with van der Waals surface area (Å²) in [4.78, 5) is 24.8. The third-order valence-electron chi connectivity index (χ3n) is 3.18. The van der Waals surface area contributed by atoms with E-state index in [0.29, 0.717) is 11.3 Å². The van der Waals surface area contributed by atoms with Crippen molar-refractivity contribution in [2.24, 2.45) is 5.73 Å². The van der Waals surface area contributed by atoms with E-state index in [0.717, 1.165) is 4.90 Å². The van der Waals surface area contributed by atoms with E-state index in [2.05, 4.69) is 5.32 Å². The Balaban J connectivity index is 2.44. The van der Waals surface area contributed by atoms with Crippen molar-refractivity contribution in [3.63, 3.8) is 0 Å². The minimum Gasteiger partial charge on any atom is -0.497 e. The third kappa shape index (κ3) is 1.62. The number of nitrogens with zero attached hydrogens (tertiary/aromatic N) is 1. The number of hydrogen-bond acceptors (Lipinski definition) is 4. The fourth-order valence-electron chi connectivity index (χ4n) is 2.03. The van der Waals surface area contributed by atoms with Crippen molar-refractivity contribution in [2.75, 3.05) is 20.7 Å². The van der Waals surface area contributed by atoms with Crippen LogP contribution in [0, 0.1) is 0 Å². The number of urea groups is 1. The number of methoxy groups -OCH3 is 1. The molecule has 1 aliphatic heterocycles. The number of amides is 3. The molecular weight excluding hydrogens is 234 g/mol. The largest absolute Gasteiger partial charge is 0.497 e. The fraction of sp³-hybridized carbons (Fsp3) is 0.333. The van der Waals surface area contributed by atoms with Gasteiger partial charge < -0.3 is 15.8 Å². The van der Waals surface area contributed by atoms with Gasteiger partial charge in [0.05, 0.1) is 7.11 Å². The molecule has 1 aromatic carbocycles. The van der Waals surface area contributed by atoms with Gasteiger partial charge in [-0.25, -0.2) is 4.79 Å². The minimum atomic E-state index is -1.17. The first-order valence-electron chi connectivity index (χ1n) is 5.50. The Hall–Kier alpha value is -2.08. The summed E-state index contributed by atoms with van der Waals surface area (Å²) in [6.45, 7) is 0.00818. The maximum atomic E-state index is 12.2. The molecule has 1 aliphatic rings. The van der Waals surface area contributed by atoms with E-state index in [9.17, 15) is 9.59 Å². The first-order valence-corrected chi connectivity index (χ1v) is 5.50. The van der Waals surface area contributed by atoms with Gasteiger partial charge in [-0.1, -0.05) is 12.1 Å². The van der Waals surface area contributed by atoms with Gasteiger partial charge in [0, 0.05) is 13.6 Å². The van der Waals surface area contributed by atoms with Gasteiger partial charge in [-0.2, -0.15) is 0 Å². The maximum Gasteiger partial charge on any atom is 0.325 e. The minimum absolute atomic E-state index is 0.00818. The van der Waals surface area contributed by atoms with Gasteiger partial charge in [-0.15, -0.1) is 0 Å². The highest BCUT2D eigenvalue weighted by Gasteiger charge is 2.50. The highest BCUT2D eigenvalue weighted by atomic mass is 16.5. The molecule has 1 saturated heterocycles. The Bertz CT molecular complexity index is 486. The summed E-state index contributed by atoms with van der Waals surface area (Å²) in [5.74, 6) is 0.330. The molecule has 1 atom stereocenters. The van der Waals surface area contributed by atoms with Crippen LogP contribution < -0.4 is 15.8 Å². The van der Waals surface area contributed by atoms with Crippen molar-refractivity contribution < 1.29 is 14.3 Å². The molecule has 0 radical (unpaired) electrons. The lowest BCUT2D eigenvalue weighted by Crippen LogP contribution is -2.49. The average molecular weight is 249 g/mol. The number of likely N-dealkylation sites (N-methyl/N-ethyl adjacent to an activating group) is 1. The van der Waals surface area contributed by atoms with Crippen LogP contribution in [0.15, 0.2) is 24.3 Å². The normalized spacial score (nSPS) is 23.2. The molecule has 0 aromatic heterocycles. The lowest BCUT2D eigenvalue weighted by molar-refractivity contribution is -0.130. The molecule has 1 unspecified atom stereocenters. The van der Waals surface area contributed by atoms with Crippen LogP contribution in [0.25, 0.3) is 0 Å². The average Bonchev–Trinajstić information content (AvgIpc) is 2.64. The summed E-state index contributed by atoms with van der Waals surface area (Å²) in [6, 6.07) is 6.46. The van der Waals surface area contributed by atoms with Gasteiger partial charge in [0.25, 0.3) is 5.91 Å². The Kier molecular flexibility index (Phi) is 2.96. The fourth-order valence-corrected chi connectivity index (χ4v) is 2.03. The Morgan fingerprint density at radius 3 is 2.33 bits per heavy atom. The molecule has 1 aromatic rings. The zero-order chi connectivity index (χ0) is 13.3. The second kappa shape index (κ2) is 4.30. The maximum absolute atomic E-state index is 12.2. The van der Waals surface area contributed by atoms with E-state index < -0.39 is 11.6 Å². The Morgan fingerprint density at radius 1 is 1.33 bits per heavy atom. The predicted molar refractivity (Wildman–Crippen MR) is 65.0 cm³/mol. The first kappa shape index (κ1) is 12.4. The first-order chi connectivity index (χ1) is 8.55. The summed E-state index contributed by atoms with van der Waals surface area (Å²) in [5, 5.41) is 2.64. The van der Waals surface area contributed by atoms with Crippen molar-refractivity contribution in [2.45, 2.75) is 5.54 Å². The summed E-state index contributed by atoms with van der Waals surface area (Å²) in [7, 11) is 2.99. The van der Waals surface area contributed by atoms with Gasteiger partial charge in [-0.05, 0) is 17.7 Å². The highest BCUT2D eigenvalue weighted by molar-refractivity contribution is 6.07. The number of ether oxygens (including phenoxy) is 1. The molecule has 18 heavy (non-hydrogen) atoms. The van der Waals surface area contributed by atoms with Crippen molar-refractivity contribution in [3.05, 3.63) is 29.8 Å². The van der Waals surface area contributed by atoms with Crippen LogP contribution in [0.5, 0.6) is 5.75 Å². The zero-order valence-corrected chi connectivity index (χ0v) is 10.3. The monoisotopic (exact) mass is 249 g/mol. The molecule has 6 heteroatoms. The van der Waals surface area contributed by atoms with Gasteiger partial charge >= 0.3 is 6.03 Å². The van der Waals surface area contributed by atoms with Crippen LogP contribution in [0.4, 0.5) is 4.79 Å². The molecule has 3 amide bonds. The standard InChI is InChI=1S/C12H15N3O3/c1-15-10(16)12(7-13,14-11(15)17)8-3-5-9(18-2)6-4-8/h3-6H,7,13H2,1-2H3,(H,14,17). The second-order valence-electron chi connectivity index (χ2n) is 4.13. The molecule has 0 bridgehead atoms. The van der Waals surface area contributed by atoms with E-state index in [-0.39, 0.29) is 12.5 Å². The number of benzene rings is 1. The van der Waals surface area contributed by atoms with E-state index >= 15 is 0 Å². The number of carbonyl (C=O) groups is 2. The molecule has 6 nitrogen and oxygen atoms in total. The van der Waals surface area contributed by atoms with Crippen molar-refractivity contribution >= 4 is 11.9 Å². The summed E-state index contributed by atoms with van der Waals surface area (Å²) < 4.78 is 5.05. The van der Waals surface area contributed by atoms with E-state index in [1.807, 2.05) is 0 Å². The molecule has 0 saturated carbocycles. The van der Waals surface area contributed by atoms with Gasteiger partial charge in [0.2, 0.25) is 0 Å². The highest BCUT2D eigenvalue weighted by Crippen LogP contribution is 2.28. The number of rotatable bonds is 3. The number of imide groups is 1. The number of nitrogens with two attached hydrogens (primary N) is 1. The van der Waals surface area contributed by atoms with Crippen LogP contribution in [0.3, 0.4) is 0 Å². The van der Waals surface area contributed by atoms with E-state index in [1.54, 1.807) is 31.4 Å². The lowest BCUT2D eigenvalue weighted by atomic mass is 9.90. The molecular formula is C12H15N3O3. The molecule has 0 spiro atoms. The van der Waals surface area contributed by atoms with Gasteiger partial charge in [-0.3, -0.25) is 9.69 Å². The van der Waals surface area contributed by atoms with Crippen LogP contribution in [0.1, 0.15) is 5.56 Å². The molecule has 96 valence electrons. The van der Waals surface area contributed by atoms with Crippen LogP contribution in [-0.4, -0.2) is 37.5 Å². The Morgan fingerprint density at radius 2 is 1.94 bits per heavy atom. The summed E-state index contributed by atoms with van der Waals surface area (Å²) in [5.41, 5.74) is 5.17. The molecule has 0 aliphatic carbocycles. The van der Waals surface area contributed by atoms with Gasteiger partial charge in [0.1, 0.15) is 5.75 Å². The van der Waals surface area contributed by atoms with Crippen molar-refractivity contribution in [3.8, 4) is 5.75 Å². The van der Waals surface area contributed by atoms with Crippen molar-refractivity contribution in [1.29, 1.82) is 0 Å². The molecule has 2 rings (SSSR count). The van der Waals surface area contributed by atoms with E-state index in [4.69, 9.17) is 10.5 Å². The molecule has 1 heterocycles. The number of carbonyl (C=O) groups excluding carboxylic acids is 2. The van der Waals surface area contributed by atoms with Crippen LogP contribution in [0.2, 0.25) is 0 Å².